The minimum Gasteiger partial charge on any atom is -0.469 e. The molecule has 0 aromatic carbocycles. The number of piperidine rings is 1. The summed E-state index contributed by atoms with van der Waals surface area (Å²) in [5.41, 5.74) is 0.914. The van der Waals surface area contributed by atoms with E-state index in [9.17, 15) is 4.79 Å². The smallest absolute Gasteiger partial charge is 0.233 e. The third kappa shape index (κ3) is 3.98. The molecule has 7 heteroatoms. The fourth-order valence-electron chi connectivity index (χ4n) is 2.98. The SMILES string of the molecule is C=CCn1c(SCC(=O)N2CCC(C)CC2)nnc1-c1ccoc1C. The molecule has 0 aliphatic carbocycles. The molecule has 1 fully saturated rings. The van der Waals surface area contributed by atoms with E-state index in [4.69, 9.17) is 4.42 Å². The van der Waals surface area contributed by atoms with Gasteiger partial charge in [0, 0.05) is 19.6 Å². The highest BCUT2D eigenvalue weighted by molar-refractivity contribution is 7.99. The lowest BCUT2D eigenvalue weighted by Crippen LogP contribution is -2.38. The van der Waals surface area contributed by atoms with Crippen molar-refractivity contribution in [1.82, 2.24) is 19.7 Å². The van der Waals surface area contributed by atoms with Crippen LogP contribution < -0.4 is 0 Å². The zero-order valence-electron chi connectivity index (χ0n) is 14.8. The van der Waals surface area contributed by atoms with Gasteiger partial charge < -0.3 is 9.32 Å². The molecule has 1 amide bonds. The average molecular weight is 360 g/mol. The Balaban J connectivity index is 1.70. The first kappa shape index (κ1) is 17.8. The summed E-state index contributed by atoms with van der Waals surface area (Å²) in [6.07, 6.45) is 5.63. The Kier molecular flexibility index (Phi) is 5.63. The Morgan fingerprint density at radius 3 is 2.84 bits per heavy atom. The van der Waals surface area contributed by atoms with Crippen LogP contribution in [0.5, 0.6) is 0 Å². The molecule has 25 heavy (non-hydrogen) atoms. The number of likely N-dealkylation sites (tertiary alicyclic amines) is 1. The lowest BCUT2D eigenvalue weighted by molar-refractivity contribution is -0.129. The van der Waals surface area contributed by atoms with Crippen molar-refractivity contribution in [2.75, 3.05) is 18.8 Å². The van der Waals surface area contributed by atoms with Crippen molar-refractivity contribution in [1.29, 1.82) is 0 Å². The van der Waals surface area contributed by atoms with Crippen molar-refractivity contribution < 1.29 is 9.21 Å². The molecule has 0 radical (unpaired) electrons. The number of aromatic nitrogens is 3. The van der Waals surface area contributed by atoms with Gasteiger partial charge >= 0.3 is 0 Å². The second kappa shape index (κ2) is 7.91. The first-order valence-electron chi connectivity index (χ1n) is 8.59. The molecule has 0 N–H and O–H groups in total. The van der Waals surface area contributed by atoms with E-state index in [0.717, 1.165) is 48.2 Å². The lowest BCUT2D eigenvalue weighted by atomic mass is 9.99. The van der Waals surface area contributed by atoms with Crippen LogP contribution in [0.4, 0.5) is 0 Å². The quantitative estimate of drug-likeness (QED) is 0.584. The molecule has 3 rings (SSSR count). The highest BCUT2D eigenvalue weighted by Crippen LogP contribution is 2.27. The van der Waals surface area contributed by atoms with Crippen molar-refractivity contribution in [3.63, 3.8) is 0 Å². The van der Waals surface area contributed by atoms with Gasteiger partial charge in [0.2, 0.25) is 5.91 Å². The molecule has 0 atom stereocenters. The summed E-state index contributed by atoms with van der Waals surface area (Å²) < 4.78 is 7.35. The fraction of sp³-hybridized carbons (Fsp3) is 0.500. The van der Waals surface area contributed by atoms with E-state index in [-0.39, 0.29) is 5.91 Å². The van der Waals surface area contributed by atoms with Gasteiger partial charge in [-0.2, -0.15) is 0 Å². The second-order valence-corrected chi connectivity index (χ2v) is 7.39. The number of amides is 1. The molecule has 0 spiro atoms. The van der Waals surface area contributed by atoms with E-state index < -0.39 is 0 Å². The molecule has 0 bridgehead atoms. The summed E-state index contributed by atoms with van der Waals surface area (Å²) in [4.78, 5) is 14.4. The maximum atomic E-state index is 12.4. The number of hydrogen-bond acceptors (Lipinski definition) is 5. The van der Waals surface area contributed by atoms with E-state index >= 15 is 0 Å². The zero-order chi connectivity index (χ0) is 17.8. The van der Waals surface area contributed by atoms with E-state index in [0.29, 0.717) is 18.2 Å². The third-order valence-corrected chi connectivity index (χ3v) is 5.54. The monoisotopic (exact) mass is 360 g/mol. The molecule has 0 saturated carbocycles. The Labute approximate surface area is 152 Å². The van der Waals surface area contributed by atoms with Crippen LogP contribution in [0.15, 0.2) is 34.6 Å². The standard InChI is InChI=1S/C18H24N4O2S/c1-4-8-22-17(15-7-11-24-14(15)3)19-20-18(22)25-12-16(23)21-9-5-13(2)6-10-21/h4,7,11,13H,1,5-6,8-10,12H2,2-3H3. The second-order valence-electron chi connectivity index (χ2n) is 6.45. The number of nitrogens with zero attached hydrogens (tertiary/aromatic N) is 4. The fourth-order valence-corrected chi connectivity index (χ4v) is 3.83. The lowest BCUT2D eigenvalue weighted by Gasteiger charge is -2.30. The van der Waals surface area contributed by atoms with Gasteiger partial charge in [-0.05, 0) is 31.7 Å². The van der Waals surface area contributed by atoms with E-state index in [1.165, 1.54) is 11.8 Å². The first-order valence-corrected chi connectivity index (χ1v) is 9.57. The highest BCUT2D eigenvalue weighted by Gasteiger charge is 2.22. The van der Waals surface area contributed by atoms with Gasteiger partial charge in [0.05, 0.1) is 17.6 Å². The molecular formula is C18H24N4O2S. The van der Waals surface area contributed by atoms with Crippen molar-refractivity contribution in [2.45, 2.75) is 38.4 Å². The maximum absolute atomic E-state index is 12.4. The van der Waals surface area contributed by atoms with E-state index in [1.807, 2.05) is 22.5 Å². The van der Waals surface area contributed by atoms with Crippen LogP contribution in [0.2, 0.25) is 0 Å². The minimum atomic E-state index is 0.172. The molecule has 0 unspecified atom stereocenters. The van der Waals surface area contributed by atoms with Crippen LogP contribution in [-0.2, 0) is 11.3 Å². The molecule has 3 heterocycles. The topological polar surface area (TPSA) is 64.2 Å². The predicted molar refractivity (Wildman–Crippen MR) is 98.4 cm³/mol. The minimum absolute atomic E-state index is 0.172. The normalized spacial score (nSPS) is 15.5. The number of furan rings is 1. The zero-order valence-corrected chi connectivity index (χ0v) is 15.6. The Hall–Kier alpha value is -2.02. The molecule has 134 valence electrons. The van der Waals surface area contributed by atoms with Crippen molar-refractivity contribution >= 4 is 17.7 Å². The van der Waals surface area contributed by atoms with Crippen molar-refractivity contribution in [3.05, 3.63) is 30.7 Å². The number of carbonyl (C=O) groups excluding carboxylic acids is 1. The van der Waals surface area contributed by atoms with Crippen LogP contribution >= 0.6 is 11.8 Å². The summed E-state index contributed by atoms with van der Waals surface area (Å²) in [7, 11) is 0. The highest BCUT2D eigenvalue weighted by atomic mass is 32.2. The largest absolute Gasteiger partial charge is 0.469 e. The van der Waals surface area contributed by atoms with Crippen molar-refractivity contribution in [2.24, 2.45) is 5.92 Å². The molecule has 6 nitrogen and oxygen atoms in total. The summed E-state index contributed by atoms with van der Waals surface area (Å²) in [6.45, 7) is 10.3. The molecule has 2 aromatic rings. The van der Waals surface area contributed by atoms with Gasteiger partial charge in [0.1, 0.15) is 5.76 Å². The number of allylic oxidation sites excluding steroid dienone is 1. The maximum Gasteiger partial charge on any atom is 0.233 e. The summed E-state index contributed by atoms with van der Waals surface area (Å²) in [6, 6.07) is 1.88. The molecular weight excluding hydrogens is 336 g/mol. The Bertz CT molecular complexity index is 744. The number of rotatable bonds is 6. The number of carbonyl (C=O) groups is 1. The number of aryl methyl sites for hydroxylation is 1. The van der Waals surface area contributed by atoms with Gasteiger partial charge in [-0.3, -0.25) is 9.36 Å². The van der Waals surface area contributed by atoms with Crippen LogP contribution in [-0.4, -0.2) is 44.4 Å². The van der Waals surface area contributed by atoms with Gasteiger partial charge in [0.15, 0.2) is 11.0 Å². The van der Waals surface area contributed by atoms with E-state index in [1.54, 1.807) is 12.3 Å². The molecule has 1 aliphatic heterocycles. The van der Waals surface area contributed by atoms with Crippen molar-refractivity contribution in [3.8, 4) is 11.4 Å². The van der Waals surface area contributed by atoms with Gasteiger partial charge in [0.25, 0.3) is 0 Å². The van der Waals surface area contributed by atoms with Crippen LogP contribution in [0.3, 0.4) is 0 Å². The Morgan fingerprint density at radius 2 is 2.20 bits per heavy atom. The number of hydrogen-bond donors (Lipinski definition) is 0. The molecule has 2 aromatic heterocycles. The van der Waals surface area contributed by atoms with Crippen LogP contribution in [0, 0.1) is 12.8 Å². The van der Waals surface area contributed by atoms with Crippen LogP contribution in [0.25, 0.3) is 11.4 Å². The number of thioether (sulfide) groups is 1. The van der Waals surface area contributed by atoms with Gasteiger partial charge in [-0.15, -0.1) is 16.8 Å². The molecule has 1 saturated heterocycles. The predicted octanol–water partition coefficient (Wildman–Crippen LogP) is 3.38. The summed E-state index contributed by atoms with van der Waals surface area (Å²) in [5.74, 6) is 2.81. The summed E-state index contributed by atoms with van der Waals surface area (Å²) >= 11 is 1.43. The molecule has 1 aliphatic rings. The first-order chi connectivity index (χ1) is 12.1. The van der Waals surface area contributed by atoms with Crippen LogP contribution in [0.1, 0.15) is 25.5 Å². The van der Waals surface area contributed by atoms with E-state index in [2.05, 4.69) is 23.7 Å². The average Bonchev–Trinajstić information content (AvgIpc) is 3.19. The van der Waals surface area contributed by atoms with Gasteiger partial charge in [-0.1, -0.05) is 24.8 Å². The Morgan fingerprint density at radius 1 is 1.44 bits per heavy atom. The summed E-state index contributed by atoms with van der Waals surface area (Å²) in [5, 5.41) is 9.31. The van der Waals surface area contributed by atoms with Gasteiger partial charge in [-0.25, -0.2) is 0 Å². The third-order valence-electron chi connectivity index (χ3n) is 4.59.